The highest BCUT2D eigenvalue weighted by molar-refractivity contribution is 5.57. The standard InChI is InChI=1S/C17H24FNO2/c1-20-17-14-16(18)8-7-15(17)6-4-12-21-13-5-11-19-9-2-3-10-19/h4,6-8,14H,2-3,5,9-13H2,1H3. The molecular formula is C17H24FNO2. The summed E-state index contributed by atoms with van der Waals surface area (Å²) in [5.41, 5.74) is 0.861. The molecule has 1 heterocycles. The molecule has 3 nitrogen and oxygen atoms in total. The highest BCUT2D eigenvalue weighted by Gasteiger charge is 2.09. The second-order valence-electron chi connectivity index (χ2n) is 5.27. The number of rotatable bonds is 8. The van der Waals surface area contributed by atoms with Crippen molar-refractivity contribution in [1.29, 1.82) is 0 Å². The van der Waals surface area contributed by atoms with Crippen molar-refractivity contribution in [1.82, 2.24) is 4.90 Å². The van der Waals surface area contributed by atoms with Crippen LogP contribution < -0.4 is 4.74 Å². The van der Waals surface area contributed by atoms with Crippen molar-refractivity contribution >= 4 is 6.08 Å². The third-order valence-electron chi connectivity index (χ3n) is 3.67. The summed E-state index contributed by atoms with van der Waals surface area (Å²) in [6.45, 7) is 4.96. The van der Waals surface area contributed by atoms with Gasteiger partial charge in [0.25, 0.3) is 0 Å². The normalized spacial score (nSPS) is 15.9. The van der Waals surface area contributed by atoms with Gasteiger partial charge in [-0.25, -0.2) is 4.39 Å². The van der Waals surface area contributed by atoms with Gasteiger partial charge in [-0.3, -0.25) is 0 Å². The quantitative estimate of drug-likeness (QED) is 0.686. The van der Waals surface area contributed by atoms with Gasteiger partial charge in [0.05, 0.1) is 13.7 Å². The van der Waals surface area contributed by atoms with Crippen LogP contribution in [0.5, 0.6) is 5.75 Å². The predicted octanol–water partition coefficient (Wildman–Crippen LogP) is 3.35. The molecular weight excluding hydrogens is 269 g/mol. The van der Waals surface area contributed by atoms with Crippen LogP contribution in [0.4, 0.5) is 4.39 Å². The molecule has 21 heavy (non-hydrogen) atoms. The van der Waals surface area contributed by atoms with Crippen molar-refractivity contribution in [2.75, 3.05) is 40.0 Å². The zero-order valence-corrected chi connectivity index (χ0v) is 12.7. The summed E-state index contributed by atoms with van der Waals surface area (Å²) >= 11 is 0. The first kappa shape index (κ1) is 16.0. The lowest BCUT2D eigenvalue weighted by molar-refractivity contribution is 0.149. The molecule has 1 aliphatic heterocycles. The van der Waals surface area contributed by atoms with Gasteiger partial charge >= 0.3 is 0 Å². The number of ether oxygens (including phenoxy) is 2. The number of benzene rings is 1. The van der Waals surface area contributed by atoms with Crippen LogP contribution in [0.2, 0.25) is 0 Å². The van der Waals surface area contributed by atoms with Gasteiger partial charge < -0.3 is 14.4 Å². The Hall–Kier alpha value is -1.39. The van der Waals surface area contributed by atoms with Crippen LogP contribution in [0.1, 0.15) is 24.8 Å². The lowest BCUT2D eigenvalue weighted by Crippen LogP contribution is -2.21. The third kappa shape index (κ3) is 5.48. The van der Waals surface area contributed by atoms with E-state index in [0.29, 0.717) is 12.4 Å². The Bertz CT molecular complexity index is 456. The Morgan fingerprint density at radius 1 is 1.29 bits per heavy atom. The van der Waals surface area contributed by atoms with E-state index in [9.17, 15) is 4.39 Å². The molecule has 0 aromatic heterocycles. The van der Waals surface area contributed by atoms with Gasteiger partial charge in [-0.1, -0.05) is 12.2 Å². The molecule has 116 valence electrons. The topological polar surface area (TPSA) is 21.7 Å². The van der Waals surface area contributed by atoms with Gasteiger partial charge in [0.2, 0.25) is 0 Å². The van der Waals surface area contributed by atoms with Crippen molar-refractivity contribution < 1.29 is 13.9 Å². The summed E-state index contributed by atoms with van der Waals surface area (Å²) in [5, 5.41) is 0. The molecule has 0 radical (unpaired) electrons. The monoisotopic (exact) mass is 293 g/mol. The van der Waals surface area contributed by atoms with Crippen molar-refractivity contribution in [2.45, 2.75) is 19.3 Å². The van der Waals surface area contributed by atoms with E-state index in [1.54, 1.807) is 13.2 Å². The fraction of sp³-hybridized carbons (Fsp3) is 0.529. The summed E-state index contributed by atoms with van der Waals surface area (Å²) in [4.78, 5) is 2.49. The molecule has 1 aliphatic rings. The van der Waals surface area contributed by atoms with E-state index in [2.05, 4.69) is 4.90 Å². The van der Waals surface area contributed by atoms with Crippen LogP contribution in [0.3, 0.4) is 0 Å². The predicted molar refractivity (Wildman–Crippen MR) is 83.1 cm³/mol. The lowest BCUT2D eigenvalue weighted by atomic mass is 10.2. The average molecular weight is 293 g/mol. The maximum atomic E-state index is 13.1. The minimum absolute atomic E-state index is 0.290. The van der Waals surface area contributed by atoms with Gasteiger partial charge in [0.1, 0.15) is 11.6 Å². The minimum Gasteiger partial charge on any atom is -0.496 e. The SMILES string of the molecule is COc1cc(F)ccc1C=CCOCCCN1CCCC1. The summed E-state index contributed by atoms with van der Waals surface area (Å²) in [6.07, 6.45) is 7.59. The van der Waals surface area contributed by atoms with Gasteiger partial charge in [-0.2, -0.15) is 0 Å². The zero-order chi connectivity index (χ0) is 14.9. The fourth-order valence-corrected chi connectivity index (χ4v) is 2.55. The molecule has 0 saturated carbocycles. The first-order valence-corrected chi connectivity index (χ1v) is 7.60. The van der Waals surface area contributed by atoms with Gasteiger partial charge in [-0.15, -0.1) is 0 Å². The number of methoxy groups -OCH3 is 1. The molecule has 0 bridgehead atoms. The molecule has 0 amide bonds. The van der Waals surface area contributed by atoms with E-state index in [1.807, 2.05) is 12.2 Å². The average Bonchev–Trinajstić information content (AvgIpc) is 3.00. The molecule has 0 unspecified atom stereocenters. The Balaban J connectivity index is 1.63. The maximum absolute atomic E-state index is 13.1. The van der Waals surface area contributed by atoms with E-state index < -0.39 is 0 Å². The number of hydrogen-bond donors (Lipinski definition) is 0. The molecule has 1 aromatic rings. The van der Waals surface area contributed by atoms with E-state index in [4.69, 9.17) is 9.47 Å². The Morgan fingerprint density at radius 3 is 2.86 bits per heavy atom. The van der Waals surface area contributed by atoms with Gasteiger partial charge in [0.15, 0.2) is 0 Å². The van der Waals surface area contributed by atoms with E-state index >= 15 is 0 Å². The second kappa shape index (κ2) is 8.80. The third-order valence-corrected chi connectivity index (χ3v) is 3.67. The molecule has 1 fully saturated rings. The molecule has 0 aliphatic carbocycles. The van der Waals surface area contributed by atoms with Crippen LogP contribution in [0.25, 0.3) is 6.08 Å². The first-order valence-electron chi connectivity index (χ1n) is 7.60. The number of hydrogen-bond acceptors (Lipinski definition) is 3. The van der Waals surface area contributed by atoms with Crippen LogP contribution in [-0.4, -0.2) is 44.9 Å². The molecule has 0 N–H and O–H groups in total. The molecule has 1 aromatic carbocycles. The van der Waals surface area contributed by atoms with Crippen LogP contribution in [-0.2, 0) is 4.74 Å². The number of halogens is 1. The van der Waals surface area contributed by atoms with Crippen molar-refractivity contribution in [3.8, 4) is 5.75 Å². The summed E-state index contributed by atoms with van der Waals surface area (Å²) in [7, 11) is 1.54. The number of nitrogens with zero attached hydrogens (tertiary/aromatic N) is 1. The highest BCUT2D eigenvalue weighted by Crippen LogP contribution is 2.20. The Labute approximate surface area is 126 Å². The first-order chi connectivity index (χ1) is 10.3. The fourth-order valence-electron chi connectivity index (χ4n) is 2.55. The van der Waals surface area contributed by atoms with Crippen LogP contribution in [0, 0.1) is 5.82 Å². The van der Waals surface area contributed by atoms with Crippen molar-refractivity contribution in [2.24, 2.45) is 0 Å². The zero-order valence-electron chi connectivity index (χ0n) is 12.7. The summed E-state index contributed by atoms with van der Waals surface area (Å²) in [5.74, 6) is 0.252. The lowest BCUT2D eigenvalue weighted by Gasteiger charge is -2.13. The van der Waals surface area contributed by atoms with Crippen LogP contribution in [0.15, 0.2) is 24.3 Å². The summed E-state index contributed by atoms with van der Waals surface area (Å²) in [6, 6.07) is 4.52. The van der Waals surface area contributed by atoms with Crippen LogP contribution >= 0.6 is 0 Å². The highest BCUT2D eigenvalue weighted by atomic mass is 19.1. The molecule has 0 atom stereocenters. The van der Waals surface area contributed by atoms with E-state index in [-0.39, 0.29) is 5.82 Å². The second-order valence-corrected chi connectivity index (χ2v) is 5.27. The van der Waals surface area contributed by atoms with Gasteiger partial charge in [0, 0.05) is 24.8 Å². The van der Waals surface area contributed by atoms with Gasteiger partial charge in [-0.05, 0) is 44.5 Å². The number of likely N-dealkylation sites (tertiary alicyclic amines) is 1. The van der Waals surface area contributed by atoms with Crippen molar-refractivity contribution in [3.05, 3.63) is 35.7 Å². The molecule has 0 spiro atoms. The Morgan fingerprint density at radius 2 is 2.10 bits per heavy atom. The largest absolute Gasteiger partial charge is 0.496 e. The minimum atomic E-state index is -0.290. The molecule has 2 rings (SSSR count). The van der Waals surface area contributed by atoms with Crippen molar-refractivity contribution in [3.63, 3.8) is 0 Å². The molecule has 4 heteroatoms. The van der Waals surface area contributed by atoms with E-state index in [1.165, 1.54) is 38.1 Å². The molecule has 1 saturated heterocycles. The summed E-state index contributed by atoms with van der Waals surface area (Å²) < 4.78 is 23.8. The smallest absolute Gasteiger partial charge is 0.128 e. The van der Waals surface area contributed by atoms with E-state index in [0.717, 1.165) is 25.1 Å². The maximum Gasteiger partial charge on any atom is 0.128 e. The Kier molecular flexibility index (Phi) is 6.70.